The first-order valence-corrected chi connectivity index (χ1v) is 9.25. The molecule has 1 aliphatic rings. The third kappa shape index (κ3) is 4.83. The number of thiocarbonyl (C=S) groups is 1. The number of hydrazone groups is 1. The van der Waals surface area contributed by atoms with Crippen molar-refractivity contribution in [2.75, 3.05) is 32.8 Å². The summed E-state index contributed by atoms with van der Waals surface area (Å²) < 4.78 is 21.9. The molecule has 148 valence electrons. The lowest BCUT2D eigenvalue weighted by Crippen LogP contribution is -2.25. The molecular formula is C20H23N3O4S. The summed E-state index contributed by atoms with van der Waals surface area (Å²) in [5, 5.41) is 7.78. The van der Waals surface area contributed by atoms with E-state index in [9.17, 15) is 0 Å². The number of nitrogens with zero attached hydrogens (tertiary/aromatic N) is 1. The van der Waals surface area contributed by atoms with Gasteiger partial charge in [-0.05, 0) is 49.5 Å². The van der Waals surface area contributed by atoms with Gasteiger partial charge in [0.2, 0.25) is 0 Å². The fraction of sp³-hybridized carbons (Fsp3) is 0.300. The maximum absolute atomic E-state index is 5.72. The molecule has 0 atom stereocenters. The maximum atomic E-state index is 5.72. The molecule has 0 aromatic heterocycles. The van der Waals surface area contributed by atoms with Crippen LogP contribution in [0.1, 0.15) is 18.9 Å². The quantitative estimate of drug-likeness (QED) is 0.451. The van der Waals surface area contributed by atoms with Gasteiger partial charge in [0.1, 0.15) is 0 Å². The summed E-state index contributed by atoms with van der Waals surface area (Å²) in [5.41, 5.74) is 5.31. The van der Waals surface area contributed by atoms with Crippen LogP contribution in [-0.4, -0.2) is 38.3 Å². The first-order valence-electron chi connectivity index (χ1n) is 8.84. The second kappa shape index (κ2) is 9.27. The van der Waals surface area contributed by atoms with Crippen LogP contribution in [0.3, 0.4) is 0 Å². The number of methoxy groups -OCH3 is 2. The Morgan fingerprint density at radius 3 is 2.50 bits per heavy atom. The van der Waals surface area contributed by atoms with Crippen LogP contribution in [0.5, 0.6) is 23.0 Å². The fourth-order valence-corrected chi connectivity index (χ4v) is 2.82. The fourth-order valence-electron chi connectivity index (χ4n) is 2.66. The van der Waals surface area contributed by atoms with Gasteiger partial charge in [0.05, 0.1) is 33.1 Å². The molecule has 2 N–H and O–H groups in total. The number of hydrogen-bond acceptors (Lipinski definition) is 6. The molecule has 1 aliphatic heterocycles. The summed E-state index contributed by atoms with van der Waals surface area (Å²) in [7, 11) is 3.18. The zero-order valence-corrected chi connectivity index (χ0v) is 16.9. The summed E-state index contributed by atoms with van der Waals surface area (Å²) in [6.07, 6.45) is 0.870. The van der Waals surface area contributed by atoms with E-state index in [1.807, 2.05) is 31.2 Å². The topological polar surface area (TPSA) is 73.3 Å². The minimum Gasteiger partial charge on any atom is -0.493 e. The van der Waals surface area contributed by atoms with Gasteiger partial charge in [-0.2, -0.15) is 5.10 Å². The summed E-state index contributed by atoms with van der Waals surface area (Å²) in [6, 6.07) is 11.2. The highest BCUT2D eigenvalue weighted by atomic mass is 32.1. The zero-order valence-electron chi connectivity index (χ0n) is 16.1. The average Bonchev–Trinajstić information content (AvgIpc) is 2.96. The molecule has 0 unspecified atom stereocenters. The van der Waals surface area contributed by atoms with Crippen LogP contribution in [0, 0.1) is 0 Å². The van der Waals surface area contributed by atoms with Crippen molar-refractivity contribution in [3.8, 4) is 23.0 Å². The zero-order chi connectivity index (χ0) is 19.9. The van der Waals surface area contributed by atoms with Gasteiger partial charge in [-0.3, -0.25) is 5.43 Å². The van der Waals surface area contributed by atoms with Crippen molar-refractivity contribution < 1.29 is 18.9 Å². The normalized spacial score (nSPS) is 13.3. The van der Waals surface area contributed by atoms with Crippen molar-refractivity contribution in [3.63, 3.8) is 0 Å². The lowest BCUT2D eigenvalue weighted by atomic mass is 10.1. The highest BCUT2D eigenvalue weighted by molar-refractivity contribution is 7.80. The first kappa shape index (κ1) is 19.8. The summed E-state index contributed by atoms with van der Waals surface area (Å²) in [6.45, 7) is 3.20. The van der Waals surface area contributed by atoms with E-state index in [2.05, 4.69) is 15.8 Å². The SMILES string of the molecule is COc1ccc(NC(=S)N/N=C(/C)c2ccc3c(c2)OCCCO3)cc1OC. The Kier molecular flexibility index (Phi) is 6.54. The Balaban J connectivity index is 1.64. The van der Waals surface area contributed by atoms with Gasteiger partial charge in [-0.15, -0.1) is 0 Å². The van der Waals surface area contributed by atoms with E-state index in [1.54, 1.807) is 26.4 Å². The van der Waals surface area contributed by atoms with Crippen LogP contribution in [0.25, 0.3) is 0 Å². The van der Waals surface area contributed by atoms with Gasteiger partial charge >= 0.3 is 0 Å². The lowest BCUT2D eigenvalue weighted by molar-refractivity contribution is 0.297. The van der Waals surface area contributed by atoms with E-state index >= 15 is 0 Å². The van der Waals surface area contributed by atoms with Crippen molar-refractivity contribution in [1.82, 2.24) is 5.43 Å². The van der Waals surface area contributed by atoms with Crippen molar-refractivity contribution in [2.45, 2.75) is 13.3 Å². The van der Waals surface area contributed by atoms with Crippen LogP contribution in [-0.2, 0) is 0 Å². The van der Waals surface area contributed by atoms with Crippen molar-refractivity contribution in [2.24, 2.45) is 5.10 Å². The molecule has 0 saturated carbocycles. The van der Waals surface area contributed by atoms with Gasteiger partial charge < -0.3 is 24.3 Å². The lowest BCUT2D eigenvalue weighted by Gasteiger charge is -2.12. The highest BCUT2D eigenvalue weighted by Gasteiger charge is 2.12. The first-order chi connectivity index (χ1) is 13.6. The van der Waals surface area contributed by atoms with Gasteiger partial charge in [-0.25, -0.2) is 0 Å². The second-order valence-corrected chi connectivity index (χ2v) is 6.45. The molecule has 7 nitrogen and oxygen atoms in total. The molecule has 0 saturated heterocycles. The van der Waals surface area contributed by atoms with Gasteiger partial charge in [-0.1, -0.05) is 0 Å². The van der Waals surface area contributed by atoms with Crippen molar-refractivity contribution >= 4 is 28.7 Å². The Morgan fingerprint density at radius 2 is 1.75 bits per heavy atom. The molecule has 1 heterocycles. The Hall–Kier alpha value is -3.00. The number of ether oxygens (including phenoxy) is 4. The molecule has 3 rings (SSSR count). The number of fused-ring (bicyclic) bond motifs is 1. The third-order valence-electron chi connectivity index (χ3n) is 4.13. The smallest absolute Gasteiger partial charge is 0.191 e. The molecule has 0 amide bonds. The third-order valence-corrected chi connectivity index (χ3v) is 4.33. The van der Waals surface area contributed by atoms with Crippen molar-refractivity contribution in [1.29, 1.82) is 0 Å². The standard InChI is InChI=1S/C20H23N3O4S/c1-13(14-5-7-17-19(11-14)27-10-4-9-26-17)22-23-20(28)21-15-6-8-16(24-2)18(12-15)25-3/h5-8,11-12H,4,9-10H2,1-3H3,(H2,21,23,28)/b22-13-. The predicted octanol–water partition coefficient (Wildman–Crippen LogP) is 3.58. The monoisotopic (exact) mass is 401 g/mol. The molecule has 0 spiro atoms. The molecule has 0 radical (unpaired) electrons. The minimum absolute atomic E-state index is 0.362. The van der Waals surface area contributed by atoms with E-state index < -0.39 is 0 Å². The van der Waals surface area contributed by atoms with Gasteiger partial charge in [0, 0.05) is 23.7 Å². The highest BCUT2D eigenvalue weighted by Crippen LogP contribution is 2.31. The molecule has 2 aromatic rings. The molecule has 8 heteroatoms. The van der Waals surface area contributed by atoms with Crippen LogP contribution in [0.4, 0.5) is 5.69 Å². The van der Waals surface area contributed by atoms with E-state index in [1.165, 1.54) is 0 Å². The molecule has 0 aliphatic carbocycles. The summed E-state index contributed by atoms with van der Waals surface area (Å²) in [5.74, 6) is 2.75. The predicted molar refractivity (Wildman–Crippen MR) is 113 cm³/mol. The molecule has 0 fully saturated rings. The molecular weight excluding hydrogens is 378 g/mol. The van der Waals surface area contributed by atoms with Crippen LogP contribution < -0.4 is 29.7 Å². The van der Waals surface area contributed by atoms with E-state index in [0.717, 1.165) is 34.9 Å². The number of nitrogens with one attached hydrogen (secondary N) is 2. The minimum atomic E-state index is 0.362. The molecule has 0 bridgehead atoms. The Labute approximate surface area is 169 Å². The van der Waals surface area contributed by atoms with Crippen LogP contribution >= 0.6 is 12.2 Å². The number of anilines is 1. The summed E-state index contributed by atoms with van der Waals surface area (Å²) in [4.78, 5) is 0. The number of rotatable bonds is 5. The second-order valence-electron chi connectivity index (χ2n) is 6.04. The van der Waals surface area contributed by atoms with Crippen molar-refractivity contribution in [3.05, 3.63) is 42.0 Å². The van der Waals surface area contributed by atoms with Crippen LogP contribution in [0.2, 0.25) is 0 Å². The number of benzene rings is 2. The summed E-state index contributed by atoms with van der Waals surface area (Å²) >= 11 is 5.31. The van der Waals surface area contributed by atoms with Crippen LogP contribution in [0.15, 0.2) is 41.5 Å². The van der Waals surface area contributed by atoms with E-state index in [4.69, 9.17) is 31.2 Å². The van der Waals surface area contributed by atoms with Gasteiger partial charge in [0.25, 0.3) is 0 Å². The largest absolute Gasteiger partial charge is 0.493 e. The Morgan fingerprint density at radius 1 is 1.00 bits per heavy atom. The molecule has 28 heavy (non-hydrogen) atoms. The van der Waals surface area contributed by atoms with E-state index in [0.29, 0.717) is 29.8 Å². The van der Waals surface area contributed by atoms with E-state index in [-0.39, 0.29) is 0 Å². The number of hydrogen-bond donors (Lipinski definition) is 2. The average molecular weight is 401 g/mol. The molecule has 2 aromatic carbocycles. The maximum Gasteiger partial charge on any atom is 0.191 e. The van der Waals surface area contributed by atoms with Gasteiger partial charge in [0.15, 0.2) is 28.1 Å². The Bertz CT molecular complexity index is 886.